The average Bonchev–Trinajstić information content (AvgIpc) is 2.96. The summed E-state index contributed by atoms with van der Waals surface area (Å²) in [5.74, 6) is -0.972. The molecule has 2 unspecified atom stereocenters. The van der Waals surface area contributed by atoms with Crippen molar-refractivity contribution in [2.24, 2.45) is 0 Å². The molecule has 222 valence electrons. The highest BCUT2D eigenvalue weighted by Gasteiger charge is 2.15. The molecule has 0 saturated heterocycles. The number of hydrogen-bond donors (Lipinski definition) is 0. The van der Waals surface area contributed by atoms with Gasteiger partial charge in [-0.1, -0.05) is 32.4 Å². The first-order valence-corrected chi connectivity index (χ1v) is 14.0. The van der Waals surface area contributed by atoms with Gasteiger partial charge in [-0.2, -0.15) is 0 Å². The summed E-state index contributed by atoms with van der Waals surface area (Å²) in [6.07, 6.45) is 14.0. The SMILES string of the molecule is C=COCCCCC(CCCOC(=O)c1cccc(C(=O)OCCCC(CCCCOC=C)OC=C)c1)OC=C. The van der Waals surface area contributed by atoms with Crippen LogP contribution in [0.25, 0.3) is 0 Å². The van der Waals surface area contributed by atoms with Crippen molar-refractivity contribution in [2.45, 2.75) is 76.4 Å². The zero-order chi connectivity index (χ0) is 29.3. The van der Waals surface area contributed by atoms with Crippen molar-refractivity contribution in [2.75, 3.05) is 26.4 Å². The molecule has 0 aliphatic carbocycles. The maximum atomic E-state index is 12.5. The minimum Gasteiger partial charge on any atom is -0.502 e. The summed E-state index contributed by atoms with van der Waals surface area (Å²) in [6, 6.07) is 6.37. The Balaban J connectivity index is 2.38. The van der Waals surface area contributed by atoms with Gasteiger partial charge in [-0.05, 0) is 82.4 Å². The lowest BCUT2D eigenvalue weighted by atomic mass is 10.1. The Morgan fingerprint density at radius 1 is 0.600 bits per heavy atom. The molecule has 0 saturated carbocycles. The van der Waals surface area contributed by atoms with Gasteiger partial charge in [0, 0.05) is 0 Å². The second-order valence-corrected chi connectivity index (χ2v) is 9.05. The first-order chi connectivity index (χ1) is 19.5. The van der Waals surface area contributed by atoms with Gasteiger partial charge in [-0.15, -0.1) is 0 Å². The minimum absolute atomic E-state index is 0.00795. The molecule has 0 spiro atoms. The Labute approximate surface area is 239 Å². The van der Waals surface area contributed by atoms with Gasteiger partial charge in [-0.3, -0.25) is 0 Å². The molecule has 0 aromatic heterocycles. The highest BCUT2D eigenvalue weighted by Crippen LogP contribution is 2.15. The summed E-state index contributed by atoms with van der Waals surface area (Å²) >= 11 is 0. The Bertz CT molecular complexity index is 814. The van der Waals surface area contributed by atoms with Gasteiger partial charge in [0.15, 0.2) is 0 Å². The van der Waals surface area contributed by atoms with Crippen LogP contribution in [0.1, 0.15) is 84.9 Å². The third-order valence-electron chi connectivity index (χ3n) is 6.03. The molecular formula is C32H46O8. The van der Waals surface area contributed by atoms with Crippen LogP contribution in [0.4, 0.5) is 0 Å². The van der Waals surface area contributed by atoms with Crippen molar-refractivity contribution in [3.63, 3.8) is 0 Å². The summed E-state index contributed by atoms with van der Waals surface area (Å²) in [5, 5.41) is 0. The molecule has 2 atom stereocenters. The second kappa shape index (κ2) is 23.2. The standard InChI is InChI=1S/C32H46O8/c1-5-35-22-11-9-18-29(37-7-3)20-14-24-39-31(33)27-16-13-17-28(26-27)32(34)40-25-15-21-30(38-8-4)19-10-12-23-36-6-2/h5-8,13,16-17,26,29-30H,1-4,9-12,14-15,18-25H2. The Morgan fingerprint density at radius 3 is 1.43 bits per heavy atom. The maximum absolute atomic E-state index is 12.5. The number of hydrogen-bond acceptors (Lipinski definition) is 8. The molecule has 8 heteroatoms. The minimum atomic E-state index is -0.486. The van der Waals surface area contributed by atoms with Gasteiger partial charge in [0.25, 0.3) is 0 Å². The largest absolute Gasteiger partial charge is 0.502 e. The van der Waals surface area contributed by atoms with Crippen LogP contribution in [0.15, 0.2) is 75.6 Å². The van der Waals surface area contributed by atoms with Gasteiger partial charge >= 0.3 is 11.9 Å². The number of ether oxygens (including phenoxy) is 6. The lowest BCUT2D eigenvalue weighted by Gasteiger charge is -2.16. The van der Waals surface area contributed by atoms with Crippen LogP contribution in [0.5, 0.6) is 0 Å². The van der Waals surface area contributed by atoms with Crippen molar-refractivity contribution in [3.8, 4) is 0 Å². The van der Waals surface area contributed by atoms with Crippen molar-refractivity contribution in [3.05, 3.63) is 86.8 Å². The Morgan fingerprint density at radius 2 is 1.02 bits per heavy atom. The van der Waals surface area contributed by atoms with Crippen LogP contribution in [-0.4, -0.2) is 50.6 Å². The molecule has 1 aromatic rings. The van der Waals surface area contributed by atoms with Crippen LogP contribution < -0.4 is 0 Å². The average molecular weight is 559 g/mol. The zero-order valence-corrected chi connectivity index (χ0v) is 23.8. The Hall–Kier alpha value is -3.68. The number of carbonyl (C=O) groups is 2. The number of benzene rings is 1. The first-order valence-electron chi connectivity index (χ1n) is 14.0. The number of rotatable bonds is 26. The fourth-order valence-electron chi connectivity index (χ4n) is 4.01. The normalized spacial score (nSPS) is 11.8. The lowest BCUT2D eigenvalue weighted by molar-refractivity contribution is 0.0463. The molecule has 0 fully saturated rings. The number of carbonyl (C=O) groups excluding carboxylic acids is 2. The summed E-state index contributed by atoms with van der Waals surface area (Å²) in [7, 11) is 0. The third-order valence-corrected chi connectivity index (χ3v) is 6.03. The predicted molar refractivity (Wildman–Crippen MR) is 156 cm³/mol. The van der Waals surface area contributed by atoms with E-state index in [1.54, 1.807) is 18.2 Å². The van der Waals surface area contributed by atoms with Crippen LogP contribution in [0, 0.1) is 0 Å². The van der Waals surface area contributed by atoms with Gasteiger partial charge in [-0.25, -0.2) is 9.59 Å². The summed E-state index contributed by atoms with van der Waals surface area (Å²) in [4.78, 5) is 25.1. The van der Waals surface area contributed by atoms with E-state index in [0.29, 0.717) is 37.2 Å². The van der Waals surface area contributed by atoms with Crippen molar-refractivity contribution in [1.82, 2.24) is 0 Å². The van der Waals surface area contributed by atoms with E-state index in [9.17, 15) is 9.59 Å². The van der Waals surface area contributed by atoms with E-state index in [2.05, 4.69) is 26.3 Å². The maximum Gasteiger partial charge on any atom is 0.338 e. The van der Waals surface area contributed by atoms with E-state index in [0.717, 1.165) is 51.4 Å². The van der Waals surface area contributed by atoms with Crippen molar-refractivity contribution in [1.29, 1.82) is 0 Å². The molecule has 0 amide bonds. The molecule has 0 bridgehead atoms. The monoisotopic (exact) mass is 558 g/mol. The van der Waals surface area contributed by atoms with Crippen LogP contribution >= 0.6 is 0 Å². The molecular weight excluding hydrogens is 512 g/mol. The van der Waals surface area contributed by atoms with E-state index in [-0.39, 0.29) is 25.4 Å². The second-order valence-electron chi connectivity index (χ2n) is 9.05. The quantitative estimate of drug-likeness (QED) is 0.0666. The van der Waals surface area contributed by atoms with Gasteiger partial charge in [0.2, 0.25) is 0 Å². The van der Waals surface area contributed by atoms with Crippen LogP contribution in [0.3, 0.4) is 0 Å². The Kier molecular flexibility index (Phi) is 19.9. The molecule has 0 aliphatic heterocycles. The molecule has 0 radical (unpaired) electrons. The van der Waals surface area contributed by atoms with E-state index >= 15 is 0 Å². The summed E-state index contributed by atoms with van der Waals surface area (Å²) in [5.41, 5.74) is 0.603. The van der Waals surface area contributed by atoms with E-state index in [4.69, 9.17) is 28.4 Å². The highest BCUT2D eigenvalue weighted by molar-refractivity contribution is 5.95. The smallest absolute Gasteiger partial charge is 0.338 e. The predicted octanol–water partition coefficient (Wildman–Crippen LogP) is 7.28. The molecule has 8 nitrogen and oxygen atoms in total. The number of esters is 2. The van der Waals surface area contributed by atoms with Gasteiger partial charge in [0.1, 0.15) is 0 Å². The zero-order valence-electron chi connectivity index (χ0n) is 23.8. The van der Waals surface area contributed by atoms with Gasteiger partial charge < -0.3 is 28.4 Å². The van der Waals surface area contributed by atoms with Gasteiger partial charge in [0.05, 0.1) is 74.8 Å². The van der Waals surface area contributed by atoms with E-state index < -0.39 is 11.9 Å². The topological polar surface area (TPSA) is 89.5 Å². The fraction of sp³-hybridized carbons (Fsp3) is 0.500. The summed E-state index contributed by atoms with van der Waals surface area (Å²) < 4.78 is 32.2. The molecule has 1 aromatic carbocycles. The molecule has 1 rings (SSSR count). The first kappa shape index (κ1) is 34.3. The molecule has 0 N–H and O–H groups in total. The molecule has 0 heterocycles. The molecule has 0 aliphatic rings. The number of unbranched alkanes of at least 4 members (excludes halogenated alkanes) is 2. The van der Waals surface area contributed by atoms with Crippen LogP contribution in [-0.2, 0) is 28.4 Å². The third kappa shape index (κ3) is 16.3. The lowest BCUT2D eigenvalue weighted by Crippen LogP contribution is -2.14. The fourth-order valence-corrected chi connectivity index (χ4v) is 4.01. The van der Waals surface area contributed by atoms with E-state index in [1.165, 1.54) is 31.1 Å². The van der Waals surface area contributed by atoms with E-state index in [1.807, 2.05) is 0 Å². The van der Waals surface area contributed by atoms with Crippen LogP contribution in [0.2, 0.25) is 0 Å². The van der Waals surface area contributed by atoms with Crippen molar-refractivity contribution < 1.29 is 38.0 Å². The molecule has 40 heavy (non-hydrogen) atoms. The highest BCUT2D eigenvalue weighted by atomic mass is 16.5. The van der Waals surface area contributed by atoms with Crippen molar-refractivity contribution >= 4 is 11.9 Å². The summed E-state index contributed by atoms with van der Waals surface area (Å²) in [6.45, 7) is 16.1.